The van der Waals surface area contributed by atoms with Crippen LogP contribution >= 0.6 is 0 Å². The number of nitrogens with one attached hydrogen (secondary N) is 1. The second kappa shape index (κ2) is 6.58. The molecule has 1 saturated heterocycles. The van der Waals surface area contributed by atoms with E-state index in [4.69, 9.17) is 0 Å². The molecule has 3 rings (SSSR count). The molecule has 0 unspecified atom stereocenters. The summed E-state index contributed by atoms with van der Waals surface area (Å²) in [6, 6.07) is 8.45. The van der Waals surface area contributed by atoms with Crippen molar-refractivity contribution in [1.82, 2.24) is 20.0 Å². The van der Waals surface area contributed by atoms with E-state index in [1.54, 1.807) is 0 Å². The lowest BCUT2D eigenvalue weighted by Gasteiger charge is -2.28. The lowest BCUT2D eigenvalue weighted by atomic mass is 9.94. The molecule has 0 amide bonds. The van der Waals surface area contributed by atoms with Crippen molar-refractivity contribution in [2.24, 2.45) is 13.0 Å². The Morgan fingerprint density at radius 2 is 1.95 bits per heavy atom. The van der Waals surface area contributed by atoms with Crippen LogP contribution in [0.1, 0.15) is 25.0 Å². The number of aryl methyl sites for hydroxylation is 1. The molecule has 1 aliphatic heterocycles. The molecule has 21 heavy (non-hydrogen) atoms. The standard InChI is InChI=1S/C17H26N4/c1-20-11-8-14(9-12-20)7-10-18-13-16-15-5-3-4-6-17(15)21(2)19-16/h3-6,14,18H,7-13H2,1-2H3. The molecule has 0 aliphatic carbocycles. The Labute approximate surface area is 127 Å². The van der Waals surface area contributed by atoms with Gasteiger partial charge in [0.15, 0.2) is 0 Å². The second-order valence-corrected chi connectivity index (χ2v) is 6.30. The van der Waals surface area contributed by atoms with E-state index >= 15 is 0 Å². The number of likely N-dealkylation sites (tertiary alicyclic amines) is 1. The van der Waals surface area contributed by atoms with Gasteiger partial charge in [-0.2, -0.15) is 5.10 Å². The normalized spacial score (nSPS) is 17.6. The van der Waals surface area contributed by atoms with Crippen LogP contribution in [0.4, 0.5) is 0 Å². The molecule has 1 N–H and O–H groups in total. The fraction of sp³-hybridized carbons (Fsp3) is 0.588. The lowest BCUT2D eigenvalue weighted by molar-refractivity contribution is 0.211. The average Bonchev–Trinajstić information content (AvgIpc) is 2.83. The maximum Gasteiger partial charge on any atom is 0.0841 e. The van der Waals surface area contributed by atoms with Gasteiger partial charge in [-0.3, -0.25) is 4.68 Å². The van der Waals surface area contributed by atoms with Gasteiger partial charge in [0.25, 0.3) is 0 Å². The number of fused-ring (bicyclic) bond motifs is 1. The predicted octanol–water partition coefficient (Wildman–Crippen LogP) is 2.39. The Morgan fingerprint density at radius 1 is 1.19 bits per heavy atom. The number of piperidine rings is 1. The summed E-state index contributed by atoms with van der Waals surface area (Å²) in [6.45, 7) is 4.48. The van der Waals surface area contributed by atoms with E-state index in [2.05, 4.69) is 46.6 Å². The Bertz CT molecular complexity index is 581. The van der Waals surface area contributed by atoms with Gasteiger partial charge >= 0.3 is 0 Å². The third kappa shape index (κ3) is 3.44. The number of benzene rings is 1. The van der Waals surface area contributed by atoms with Gasteiger partial charge in [0.05, 0.1) is 11.2 Å². The summed E-state index contributed by atoms with van der Waals surface area (Å²) < 4.78 is 1.98. The van der Waals surface area contributed by atoms with Gasteiger partial charge < -0.3 is 10.2 Å². The first-order chi connectivity index (χ1) is 10.2. The molecule has 0 radical (unpaired) electrons. The zero-order chi connectivity index (χ0) is 14.7. The van der Waals surface area contributed by atoms with Gasteiger partial charge in [-0.1, -0.05) is 18.2 Å². The van der Waals surface area contributed by atoms with Crippen LogP contribution in [0.2, 0.25) is 0 Å². The fourth-order valence-electron chi connectivity index (χ4n) is 3.28. The molecule has 0 spiro atoms. The fourth-order valence-corrected chi connectivity index (χ4v) is 3.28. The van der Waals surface area contributed by atoms with E-state index in [-0.39, 0.29) is 0 Å². The second-order valence-electron chi connectivity index (χ2n) is 6.30. The van der Waals surface area contributed by atoms with Gasteiger partial charge in [-0.15, -0.1) is 0 Å². The quantitative estimate of drug-likeness (QED) is 0.857. The summed E-state index contributed by atoms with van der Waals surface area (Å²) in [5, 5.41) is 9.48. The van der Waals surface area contributed by atoms with Gasteiger partial charge in [0.1, 0.15) is 0 Å². The predicted molar refractivity (Wildman–Crippen MR) is 87.3 cm³/mol. The molecule has 0 atom stereocenters. The molecular formula is C17H26N4. The van der Waals surface area contributed by atoms with Crippen molar-refractivity contribution in [1.29, 1.82) is 0 Å². The molecule has 1 aromatic carbocycles. The molecule has 4 heteroatoms. The van der Waals surface area contributed by atoms with E-state index in [1.807, 2.05) is 11.7 Å². The van der Waals surface area contributed by atoms with Crippen LogP contribution in [-0.4, -0.2) is 41.4 Å². The zero-order valence-corrected chi connectivity index (χ0v) is 13.2. The SMILES string of the molecule is CN1CCC(CCNCc2nn(C)c3ccccc23)CC1. The van der Waals surface area contributed by atoms with Crippen molar-refractivity contribution >= 4 is 10.9 Å². The highest BCUT2D eigenvalue weighted by Gasteiger charge is 2.16. The summed E-state index contributed by atoms with van der Waals surface area (Å²) in [5.74, 6) is 0.897. The minimum atomic E-state index is 0.869. The highest BCUT2D eigenvalue weighted by atomic mass is 15.3. The Morgan fingerprint density at radius 3 is 2.76 bits per heavy atom. The van der Waals surface area contributed by atoms with Crippen LogP contribution in [0, 0.1) is 5.92 Å². The van der Waals surface area contributed by atoms with E-state index in [0.29, 0.717) is 0 Å². The largest absolute Gasteiger partial charge is 0.311 e. The van der Waals surface area contributed by atoms with E-state index in [1.165, 1.54) is 43.3 Å². The van der Waals surface area contributed by atoms with Crippen molar-refractivity contribution < 1.29 is 0 Å². The molecular weight excluding hydrogens is 260 g/mol. The van der Waals surface area contributed by atoms with Crippen LogP contribution in [-0.2, 0) is 13.6 Å². The molecule has 2 heterocycles. The molecule has 2 aromatic rings. The first-order valence-electron chi connectivity index (χ1n) is 8.04. The van der Waals surface area contributed by atoms with Crippen LogP contribution < -0.4 is 5.32 Å². The zero-order valence-electron chi connectivity index (χ0n) is 13.2. The molecule has 114 valence electrons. The third-order valence-corrected chi connectivity index (χ3v) is 4.69. The summed E-state index contributed by atoms with van der Waals surface area (Å²) in [4.78, 5) is 2.43. The monoisotopic (exact) mass is 286 g/mol. The number of rotatable bonds is 5. The van der Waals surface area contributed by atoms with Gasteiger partial charge in [0.2, 0.25) is 0 Å². The number of para-hydroxylation sites is 1. The summed E-state index contributed by atoms with van der Waals surface area (Å²) >= 11 is 0. The highest BCUT2D eigenvalue weighted by molar-refractivity contribution is 5.81. The molecule has 0 saturated carbocycles. The van der Waals surface area contributed by atoms with Crippen molar-refractivity contribution in [3.8, 4) is 0 Å². The minimum Gasteiger partial charge on any atom is -0.311 e. The first-order valence-corrected chi connectivity index (χ1v) is 8.04. The first kappa shape index (κ1) is 14.5. The van der Waals surface area contributed by atoms with Crippen molar-refractivity contribution in [3.63, 3.8) is 0 Å². The van der Waals surface area contributed by atoms with Crippen LogP contribution in [0.25, 0.3) is 10.9 Å². The minimum absolute atomic E-state index is 0.869. The van der Waals surface area contributed by atoms with Crippen molar-refractivity contribution in [2.45, 2.75) is 25.8 Å². The van der Waals surface area contributed by atoms with Gasteiger partial charge in [-0.25, -0.2) is 0 Å². The van der Waals surface area contributed by atoms with E-state index in [0.717, 1.165) is 24.7 Å². The molecule has 4 nitrogen and oxygen atoms in total. The molecule has 1 aliphatic rings. The van der Waals surface area contributed by atoms with Crippen molar-refractivity contribution in [2.75, 3.05) is 26.7 Å². The highest BCUT2D eigenvalue weighted by Crippen LogP contribution is 2.19. The molecule has 1 fully saturated rings. The lowest BCUT2D eigenvalue weighted by Crippen LogP contribution is -2.31. The maximum atomic E-state index is 4.63. The average molecular weight is 286 g/mol. The van der Waals surface area contributed by atoms with Gasteiger partial charge in [-0.05, 0) is 57.9 Å². The number of aromatic nitrogens is 2. The van der Waals surface area contributed by atoms with Crippen molar-refractivity contribution in [3.05, 3.63) is 30.0 Å². The van der Waals surface area contributed by atoms with Crippen LogP contribution in [0.5, 0.6) is 0 Å². The van der Waals surface area contributed by atoms with Crippen LogP contribution in [0.3, 0.4) is 0 Å². The Balaban J connectivity index is 1.49. The summed E-state index contributed by atoms with van der Waals surface area (Å²) in [7, 11) is 4.24. The van der Waals surface area contributed by atoms with Crippen LogP contribution in [0.15, 0.2) is 24.3 Å². The van der Waals surface area contributed by atoms with Gasteiger partial charge in [0, 0.05) is 19.0 Å². The number of hydrogen-bond acceptors (Lipinski definition) is 3. The van der Waals surface area contributed by atoms with E-state index < -0.39 is 0 Å². The molecule has 0 bridgehead atoms. The molecule has 1 aromatic heterocycles. The van der Waals surface area contributed by atoms with E-state index in [9.17, 15) is 0 Å². The Kier molecular flexibility index (Phi) is 4.56. The summed E-state index contributed by atoms with van der Waals surface area (Å²) in [5.41, 5.74) is 2.38. The Hall–Kier alpha value is -1.39. The smallest absolute Gasteiger partial charge is 0.0841 e. The number of hydrogen-bond donors (Lipinski definition) is 1. The third-order valence-electron chi connectivity index (χ3n) is 4.69. The maximum absolute atomic E-state index is 4.63. The summed E-state index contributed by atoms with van der Waals surface area (Å²) in [6.07, 6.45) is 3.99. The number of nitrogens with zero attached hydrogens (tertiary/aromatic N) is 3. The topological polar surface area (TPSA) is 33.1 Å².